The predicted molar refractivity (Wildman–Crippen MR) is 46.7 cm³/mol. The van der Waals surface area contributed by atoms with Crippen LogP contribution in [-0.4, -0.2) is 9.97 Å². The van der Waals surface area contributed by atoms with Gasteiger partial charge < -0.3 is 0 Å². The zero-order valence-electron chi connectivity index (χ0n) is 7.16. The van der Waals surface area contributed by atoms with Crippen molar-refractivity contribution in [1.82, 2.24) is 9.97 Å². The van der Waals surface area contributed by atoms with Gasteiger partial charge in [-0.2, -0.15) is 0 Å². The Hall–Kier alpha value is -0.920. The molecular weight excluding hydrogens is 148 g/mol. The summed E-state index contributed by atoms with van der Waals surface area (Å²) in [7, 11) is 0. The highest BCUT2D eigenvalue weighted by Gasteiger charge is 2.15. The van der Waals surface area contributed by atoms with Crippen LogP contribution < -0.4 is 0 Å². The highest BCUT2D eigenvalue weighted by atomic mass is 14.8. The Kier molecular flexibility index (Phi) is 2.35. The van der Waals surface area contributed by atoms with E-state index < -0.39 is 0 Å². The topological polar surface area (TPSA) is 25.8 Å². The third-order valence-corrected chi connectivity index (χ3v) is 2.58. The maximum atomic E-state index is 4.17. The van der Waals surface area contributed by atoms with Gasteiger partial charge in [-0.3, -0.25) is 0 Å². The lowest BCUT2D eigenvalue weighted by Crippen LogP contribution is -2.06. The molecule has 0 aliphatic heterocycles. The summed E-state index contributed by atoms with van der Waals surface area (Å²) in [6.07, 6.45) is 11.1. The molecule has 1 saturated carbocycles. The Morgan fingerprint density at radius 3 is 2.75 bits per heavy atom. The zero-order valence-corrected chi connectivity index (χ0v) is 7.16. The Morgan fingerprint density at radius 2 is 2.08 bits per heavy atom. The molecule has 1 aliphatic carbocycles. The molecule has 2 heteroatoms. The van der Waals surface area contributed by atoms with E-state index in [9.17, 15) is 0 Å². The van der Waals surface area contributed by atoms with Gasteiger partial charge in [0.1, 0.15) is 0 Å². The molecule has 0 spiro atoms. The van der Waals surface area contributed by atoms with Crippen molar-refractivity contribution in [2.75, 3.05) is 0 Å². The number of hydrogen-bond acceptors (Lipinski definition) is 2. The van der Waals surface area contributed by atoms with Crippen LogP contribution in [0.4, 0.5) is 0 Å². The summed E-state index contributed by atoms with van der Waals surface area (Å²) in [6.45, 7) is 0. The van der Waals surface area contributed by atoms with E-state index in [2.05, 4.69) is 16.3 Å². The fourth-order valence-electron chi connectivity index (χ4n) is 1.90. The van der Waals surface area contributed by atoms with Crippen molar-refractivity contribution in [2.45, 2.75) is 38.0 Å². The van der Waals surface area contributed by atoms with E-state index in [-0.39, 0.29) is 0 Å². The Morgan fingerprint density at radius 1 is 1.25 bits per heavy atom. The summed E-state index contributed by atoms with van der Waals surface area (Å²) in [5.41, 5.74) is 1.18. The molecule has 2 nitrogen and oxygen atoms in total. The summed E-state index contributed by atoms with van der Waals surface area (Å²) in [5, 5.41) is 0. The van der Waals surface area contributed by atoms with Gasteiger partial charge >= 0.3 is 0 Å². The predicted octanol–water partition coefficient (Wildman–Crippen LogP) is 2.32. The first-order valence-corrected chi connectivity index (χ1v) is 4.66. The lowest BCUT2D eigenvalue weighted by molar-refractivity contribution is 0.436. The third kappa shape index (κ3) is 1.63. The van der Waals surface area contributed by atoms with Crippen molar-refractivity contribution in [3.63, 3.8) is 0 Å². The van der Waals surface area contributed by atoms with Crippen molar-refractivity contribution < 1.29 is 0 Å². The van der Waals surface area contributed by atoms with Crippen molar-refractivity contribution in [3.8, 4) is 0 Å². The first-order chi connectivity index (χ1) is 5.97. The van der Waals surface area contributed by atoms with Gasteiger partial charge in [-0.25, -0.2) is 9.97 Å². The van der Waals surface area contributed by atoms with Gasteiger partial charge in [0, 0.05) is 17.8 Å². The standard InChI is InChI=1S/C10H13N2/c1-2-4-9(5-3-1)10-6-7-11-8-12-10/h6-7,9H,1-5H2. The normalized spacial score (nSPS) is 19.3. The van der Waals surface area contributed by atoms with E-state index in [1.54, 1.807) is 6.20 Å². The molecule has 1 radical (unpaired) electrons. The molecule has 0 N–H and O–H groups in total. The van der Waals surface area contributed by atoms with Crippen molar-refractivity contribution in [2.24, 2.45) is 0 Å². The molecule has 1 fully saturated rings. The van der Waals surface area contributed by atoms with Crippen LogP contribution in [0, 0.1) is 6.33 Å². The van der Waals surface area contributed by atoms with Gasteiger partial charge in [-0.15, -0.1) is 0 Å². The molecule has 12 heavy (non-hydrogen) atoms. The average Bonchev–Trinajstić information content (AvgIpc) is 2.21. The quantitative estimate of drug-likeness (QED) is 0.631. The first-order valence-electron chi connectivity index (χ1n) is 4.66. The van der Waals surface area contributed by atoms with Gasteiger partial charge in [0.2, 0.25) is 0 Å². The van der Waals surface area contributed by atoms with Gasteiger partial charge in [0.05, 0.1) is 0 Å². The first kappa shape index (κ1) is 7.71. The molecule has 1 aliphatic rings. The molecule has 63 valence electrons. The van der Waals surface area contributed by atoms with Crippen LogP contribution in [0.25, 0.3) is 0 Å². The Balaban J connectivity index is 2.08. The molecule has 1 aromatic rings. The Bertz CT molecular complexity index is 227. The van der Waals surface area contributed by atoms with E-state index in [4.69, 9.17) is 0 Å². The van der Waals surface area contributed by atoms with Crippen LogP contribution >= 0.6 is 0 Å². The lowest BCUT2D eigenvalue weighted by Gasteiger charge is -2.20. The lowest BCUT2D eigenvalue weighted by atomic mass is 9.87. The van der Waals surface area contributed by atoms with Crippen LogP contribution in [0.5, 0.6) is 0 Å². The molecule has 0 aromatic carbocycles. The van der Waals surface area contributed by atoms with E-state index in [0.717, 1.165) is 0 Å². The second-order valence-corrected chi connectivity index (χ2v) is 3.42. The van der Waals surface area contributed by atoms with E-state index in [1.807, 2.05) is 6.07 Å². The molecule has 0 unspecified atom stereocenters. The maximum Gasteiger partial charge on any atom is 0.197 e. The molecule has 0 bridgehead atoms. The van der Waals surface area contributed by atoms with Crippen LogP contribution in [0.1, 0.15) is 43.7 Å². The van der Waals surface area contributed by atoms with Crippen LogP contribution in [-0.2, 0) is 0 Å². The van der Waals surface area contributed by atoms with Crippen LogP contribution in [0.15, 0.2) is 12.3 Å². The van der Waals surface area contributed by atoms with Crippen LogP contribution in [0.3, 0.4) is 0 Å². The summed E-state index contributed by atoms with van der Waals surface area (Å²) in [6, 6.07) is 2.02. The number of rotatable bonds is 1. The summed E-state index contributed by atoms with van der Waals surface area (Å²) < 4.78 is 0. The minimum absolute atomic E-state index is 0.679. The SMILES string of the molecule is [c]1nccc(C2CCCCC2)n1. The molecule has 0 saturated heterocycles. The highest BCUT2D eigenvalue weighted by Crippen LogP contribution is 2.30. The Labute approximate surface area is 73.1 Å². The number of hydrogen-bond donors (Lipinski definition) is 0. The monoisotopic (exact) mass is 161 g/mol. The minimum atomic E-state index is 0.679. The highest BCUT2D eigenvalue weighted by molar-refractivity contribution is 5.05. The van der Waals surface area contributed by atoms with Crippen molar-refractivity contribution in [1.29, 1.82) is 0 Å². The van der Waals surface area contributed by atoms with Gasteiger partial charge in [-0.05, 0) is 18.9 Å². The second kappa shape index (κ2) is 3.65. The third-order valence-electron chi connectivity index (χ3n) is 2.58. The molecule has 1 aromatic heterocycles. The summed E-state index contributed by atoms with van der Waals surface area (Å²) >= 11 is 0. The van der Waals surface area contributed by atoms with Crippen molar-refractivity contribution in [3.05, 3.63) is 24.3 Å². The smallest absolute Gasteiger partial charge is 0.197 e. The van der Waals surface area contributed by atoms with Crippen molar-refractivity contribution >= 4 is 0 Å². The number of aromatic nitrogens is 2. The van der Waals surface area contributed by atoms with Gasteiger partial charge in [0.25, 0.3) is 0 Å². The molecular formula is C10H13N2. The molecule has 0 amide bonds. The zero-order chi connectivity index (χ0) is 8.23. The van der Waals surface area contributed by atoms with Crippen LogP contribution in [0.2, 0.25) is 0 Å². The average molecular weight is 161 g/mol. The van der Waals surface area contributed by atoms with E-state index in [0.29, 0.717) is 5.92 Å². The molecule has 1 heterocycles. The molecule has 0 atom stereocenters. The maximum absolute atomic E-state index is 4.17. The van der Waals surface area contributed by atoms with E-state index >= 15 is 0 Å². The summed E-state index contributed by atoms with van der Waals surface area (Å²) in [4.78, 5) is 7.97. The minimum Gasteiger partial charge on any atom is -0.234 e. The van der Waals surface area contributed by atoms with E-state index in [1.165, 1.54) is 37.8 Å². The second-order valence-electron chi connectivity index (χ2n) is 3.42. The fraction of sp³-hybridized carbons (Fsp3) is 0.600. The summed E-state index contributed by atoms with van der Waals surface area (Å²) in [5.74, 6) is 0.679. The fourth-order valence-corrected chi connectivity index (χ4v) is 1.90. The largest absolute Gasteiger partial charge is 0.234 e. The molecule has 2 rings (SSSR count). The van der Waals surface area contributed by atoms with Gasteiger partial charge in [-0.1, -0.05) is 19.3 Å². The van der Waals surface area contributed by atoms with Gasteiger partial charge in [0.15, 0.2) is 6.33 Å². The number of nitrogens with zero attached hydrogens (tertiary/aromatic N) is 2.